The highest BCUT2D eigenvalue weighted by Gasteiger charge is 2.25. The topological polar surface area (TPSA) is 65.4 Å². The van der Waals surface area contributed by atoms with Crippen LogP contribution in [0, 0.1) is 6.92 Å². The number of benzene rings is 1. The average Bonchev–Trinajstić information content (AvgIpc) is 3.00. The molecule has 2 aliphatic heterocycles. The highest BCUT2D eigenvalue weighted by molar-refractivity contribution is 5.83. The van der Waals surface area contributed by atoms with Crippen molar-refractivity contribution >= 4 is 5.91 Å². The predicted octanol–water partition coefficient (Wildman–Crippen LogP) is 2.20. The van der Waals surface area contributed by atoms with Gasteiger partial charge < -0.3 is 19.4 Å². The van der Waals surface area contributed by atoms with Crippen molar-refractivity contribution in [3.05, 3.63) is 41.5 Å². The molecule has 0 unspecified atom stereocenters. The number of amides is 1. The maximum atomic E-state index is 12.7. The smallest absolute Gasteiger partial charge is 0.227 e. The number of aryl methyl sites for hydroxylation is 2. The van der Waals surface area contributed by atoms with E-state index in [1.165, 1.54) is 0 Å². The molecular formula is C19H23N3O3. The summed E-state index contributed by atoms with van der Waals surface area (Å²) < 4.78 is 13.3. The number of nitrogens with one attached hydrogen (secondary N) is 1. The monoisotopic (exact) mass is 341 g/mol. The molecule has 4 rings (SSSR count). The molecule has 1 amide bonds. The van der Waals surface area contributed by atoms with Crippen LogP contribution in [0.1, 0.15) is 36.3 Å². The molecule has 2 aromatic rings. The zero-order valence-corrected chi connectivity index (χ0v) is 14.6. The van der Waals surface area contributed by atoms with E-state index >= 15 is 0 Å². The van der Waals surface area contributed by atoms with Crippen LogP contribution in [0.5, 0.6) is 11.5 Å². The van der Waals surface area contributed by atoms with E-state index in [1.807, 2.05) is 32.0 Å². The Hall–Kier alpha value is -2.50. The largest absolute Gasteiger partial charge is 0.486 e. The number of imidazole rings is 1. The number of hydrogen-bond donors (Lipinski definition) is 1. The summed E-state index contributed by atoms with van der Waals surface area (Å²) in [4.78, 5) is 17.2. The SMILES string of the molecule is Cc1cn2c(n1)CC[C@H](NC(=O)[C@@H](C)c1ccc3c(c1)OCCO3)C2. The number of hydrogen-bond acceptors (Lipinski definition) is 4. The number of nitrogens with zero attached hydrogens (tertiary/aromatic N) is 2. The summed E-state index contributed by atoms with van der Waals surface area (Å²) in [7, 11) is 0. The van der Waals surface area contributed by atoms with Crippen LogP contribution in [-0.2, 0) is 17.8 Å². The van der Waals surface area contributed by atoms with Crippen molar-refractivity contribution in [2.24, 2.45) is 0 Å². The third-order valence-electron chi connectivity index (χ3n) is 4.92. The molecule has 6 heteroatoms. The third kappa shape index (κ3) is 3.21. The Kier molecular flexibility index (Phi) is 4.11. The van der Waals surface area contributed by atoms with Crippen LogP contribution in [0.25, 0.3) is 0 Å². The Morgan fingerprint density at radius 1 is 1.32 bits per heavy atom. The van der Waals surface area contributed by atoms with E-state index in [1.54, 1.807) is 0 Å². The Labute approximate surface area is 147 Å². The molecule has 25 heavy (non-hydrogen) atoms. The lowest BCUT2D eigenvalue weighted by atomic mass is 9.98. The van der Waals surface area contributed by atoms with Crippen molar-refractivity contribution in [1.29, 1.82) is 0 Å². The molecule has 0 fully saturated rings. The first-order chi connectivity index (χ1) is 12.1. The minimum atomic E-state index is -0.234. The van der Waals surface area contributed by atoms with Gasteiger partial charge in [-0.15, -0.1) is 0 Å². The number of aromatic nitrogens is 2. The maximum Gasteiger partial charge on any atom is 0.227 e. The summed E-state index contributed by atoms with van der Waals surface area (Å²) in [6.45, 7) is 5.83. The summed E-state index contributed by atoms with van der Waals surface area (Å²) in [5.41, 5.74) is 1.98. The molecule has 0 saturated heterocycles. The number of carbonyl (C=O) groups excluding carboxylic acids is 1. The molecule has 2 aliphatic rings. The molecule has 1 aromatic carbocycles. The molecule has 0 aliphatic carbocycles. The minimum absolute atomic E-state index is 0.0435. The Balaban J connectivity index is 1.42. The van der Waals surface area contributed by atoms with Crippen LogP contribution < -0.4 is 14.8 Å². The van der Waals surface area contributed by atoms with E-state index in [9.17, 15) is 4.79 Å². The van der Waals surface area contributed by atoms with Crippen molar-refractivity contribution in [1.82, 2.24) is 14.9 Å². The normalized spacial score (nSPS) is 19.8. The first kappa shape index (κ1) is 16.0. The molecule has 3 heterocycles. The maximum absolute atomic E-state index is 12.7. The van der Waals surface area contributed by atoms with E-state index in [2.05, 4.69) is 21.1 Å². The fourth-order valence-electron chi connectivity index (χ4n) is 3.51. The lowest BCUT2D eigenvalue weighted by Gasteiger charge is -2.26. The second-order valence-corrected chi connectivity index (χ2v) is 6.82. The molecule has 0 radical (unpaired) electrons. The van der Waals surface area contributed by atoms with Crippen molar-refractivity contribution in [3.8, 4) is 11.5 Å². The van der Waals surface area contributed by atoms with Crippen LogP contribution >= 0.6 is 0 Å². The van der Waals surface area contributed by atoms with E-state index < -0.39 is 0 Å². The second kappa shape index (κ2) is 6.43. The van der Waals surface area contributed by atoms with Gasteiger partial charge in [0.25, 0.3) is 0 Å². The van der Waals surface area contributed by atoms with Gasteiger partial charge in [-0.25, -0.2) is 4.98 Å². The highest BCUT2D eigenvalue weighted by Crippen LogP contribution is 2.33. The van der Waals surface area contributed by atoms with Crippen molar-refractivity contribution in [3.63, 3.8) is 0 Å². The number of rotatable bonds is 3. The molecule has 132 valence electrons. The van der Waals surface area contributed by atoms with Gasteiger partial charge >= 0.3 is 0 Å². The summed E-state index contributed by atoms with van der Waals surface area (Å²) in [5.74, 6) is 2.39. The van der Waals surface area contributed by atoms with Gasteiger partial charge in [0.2, 0.25) is 5.91 Å². The molecular weight excluding hydrogens is 318 g/mol. The fraction of sp³-hybridized carbons (Fsp3) is 0.474. The van der Waals surface area contributed by atoms with Crippen molar-refractivity contribution < 1.29 is 14.3 Å². The van der Waals surface area contributed by atoms with E-state index in [0.29, 0.717) is 13.2 Å². The third-order valence-corrected chi connectivity index (χ3v) is 4.92. The van der Waals surface area contributed by atoms with E-state index in [-0.39, 0.29) is 17.9 Å². The van der Waals surface area contributed by atoms with E-state index in [4.69, 9.17) is 9.47 Å². The Bertz CT molecular complexity index is 799. The summed E-state index contributed by atoms with van der Waals surface area (Å²) >= 11 is 0. The first-order valence-corrected chi connectivity index (χ1v) is 8.83. The van der Waals surface area contributed by atoms with Gasteiger partial charge in [0, 0.05) is 25.2 Å². The number of fused-ring (bicyclic) bond motifs is 2. The summed E-state index contributed by atoms with van der Waals surface area (Å²) in [5, 5.41) is 3.19. The first-order valence-electron chi connectivity index (χ1n) is 8.83. The van der Waals surface area contributed by atoms with Crippen LogP contribution in [0.3, 0.4) is 0 Å². The highest BCUT2D eigenvalue weighted by atomic mass is 16.6. The lowest BCUT2D eigenvalue weighted by molar-refractivity contribution is -0.123. The zero-order chi connectivity index (χ0) is 17.4. The van der Waals surface area contributed by atoms with Crippen LogP contribution in [0.15, 0.2) is 24.4 Å². The second-order valence-electron chi connectivity index (χ2n) is 6.82. The van der Waals surface area contributed by atoms with Gasteiger partial charge in [-0.1, -0.05) is 6.07 Å². The molecule has 0 saturated carbocycles. The molecule has 0 bridgehead atoms. The van der Waals surface area contributed by atoms with Crippen molar-refractivity contribution in [2.45, 2.75) is 45.2 Å². The van der Waals surface area contributed by atoms with Gasteiger partial charge in [0.05, 0.1) is 11.6 Å². The molecule has 0 spiro atoms. The minimum Gasteiger partial charge on any atom is -0.486 e. The molecule has 1 aromatic heterocycles. The zero-order valence-electron chi connectivity index (χ0n) is 14.6. The van der Waals surface area contributed by atoms with E-state index in [0.717, 1.165) is 48.0 Å². The summed E-state index contributed by atoms with van der Waals surface area (Å²) in [6, 6.07) is 5.88. The molecule has 6 nitrogen and oxygen atoms in total. The number of ether oxygens (including phenoxy) is 2. The van der Waals surface area contributed by atoms with Crippen LogP contribution in [0.2, 0.25) is 0 Å². The molecule has 2 atom stereocenters. The number of carbonyl (C=O) groups is 1. The lowest BCUT2D eigenvalue weighted by Crippen LogP contribution is -2.42. The quantitative estimate of drug-likeness (QED) is 0.929. The van der Waals surface area contributed by atoms with Gasteiger partial charge in [-0.2, -0.15) is 0 Å². The standard InChI is InChI=1S/C19H23N3O3/c1-12-10-22-11-15(4-6-18(22)20-12)21-19(23)13(2)14-3-5-16-17(9-14)25-8-7-24-16/h3,5,9-10,13,15H,4,6-8,11H2,1-2H3,(H,21,23)/t13-,15-/m0/s1. The van der Waals surface area contributed by atoms with Crippen LogP contribution in [-0.4, -0.2) is 34.7 Å². The molecule has 1 N–H and O–H groups in total. The summed E-state index contributed by atoms with van der Waals surface area (Å²) in [6.07, 6.45) is 3.88. The van der Waals surface area contributed by atoms with Gasteiger partial charge in [-0.3, -0.25) is 4.79 Å². The van der Waals surface area contributed by atoms with Gasteiger partial charge in [-0.05, 0) is 38.0 Å². The predicted molar refractivity (Wildman–Crippen MR) is 93.1 cm³/mol. The average molecular weight is 341 g/mol. The van der Waals surface area contributed by atoms with Gasteiger partial charge in [0.15, 0.2) is 11.5 Å². The Morgan fingerprint density at radius 2 is 2.12 bits per heavy atom. The van der Waals surface area contributed by atoms with Crippen molar-refractivity contribution in [2.75, 3.05) is 13.2 Å². The van der Waals surface area contributed by atoms with Crippen LogP contribution in [0.4, 0.5) is 0 Å². The Morgan fingerprint density at radius 3 is 2.96 bits per heavy atom. The fourth-order valence-corrected chi connectivity index (χ4v) is 3.51. The van der Waals surface area contributed by atoms with Gasteiger partial charge in [0.1, 0.15) is 19.0 Å².